The number of hydrogen-bond acceptors (Lipinski definition) is 4. The van der Waals surface area contributed by atoms with Crippen molar-refractivity contribution in [3.63, 3.8) is 0 Å². The van der Waals surface area contributed by atoms with Gasteiger partial charge in [-0.05, 0) is 6.54 Å². The molecule has 6 N–H and O–H groups in total. The Morgan fingerprint density at radius 3 is 2.50 bits per heavy atom. The molecule has 5 nitrogen and oxygen atoms in total. The van der Waals surface area contributed by atoms with Gasteiger partial charge in [-0.2, -0.15) is 0 Å². The van der Waals surface area contributed by atoms with Crippen LogP contribution in [0.5, 0.6) is 0 Å². The van der Waals surface area contributed by atoms with E-state index in [0.717, 1.165) is 6.54 Å². The van der Waals surface area contributed by atoms with E-state index in [0.29, 0.717) is 6.54 Å². The lowest BCUT2D eigenvalue weighted by Crippen LogP contribution is -2.48. The predicted octanol–water partition coefficient (Wildman–Crippen LogP) is -1.27. The molecule has 0 rings (SSSR count). The summed E-state index contributed by atoms with van der Waals surface area (Å²) in [7, 11) is 0. The van der Waals surface area contributed by atoms with E-state index < -0.39 is 12.0 Å². The average Bonchev–Trinajstić information content (AvgIpc) is 1.98. The monoisotopic (exact) mass is 175 g/mol. The zero-order chi connectivity index (χ0) is 9.56. The highest BCUT2D eigenvalue weighted by molar-refractivity contribution is 5.67. The van der Waals surface area contributed by atoms with E-state index in [1.807, 2.05) is 6.92 Å². The van der Waals surface area contributed by atoms with E-state index in [4.69, 9.17) is 16.6 Å². The molecule has 0 aromatic rings. The third-order valence-electron chi connectivity index (χ3n) is 1.59. The largest absolute Gasteiger partial charge is 0.481 e. The summed E-state index contributed by atoms with van der Waals surface area (Å²) in [5.74, 6) is -0.908. The zero-order valence-electron chi connectivity index (χ0n) is 7.29. The molecule has 0 aromatic heterocycles. The smallest absolute Gasteiger partial charge is 0.304 e. The fourth-order valence-electron chi connectivity index (χ4n) is 0.815. The summed E-state index contributed by atoms with van der Waals surface area (Å²) < 4.78 is 0. The molecule has 2 atom stereocenters. The summed E-state index contributed by atoms with van der Waals surface area (Å²) in [4.78, 5) is 10.2. The molecule has 0 aliphatic rings. The van der Waals surface area contributed by atoms with Gasteiger partial charge in [0, 0.05) is 18.6 Å². The van der Waals surface area contributed by atoms with Gasteiger partial charge in [-0.15, -0.1) is 0 Å². The quantitative estimate of drug-likeness (QED) is 0.403. The summed E-state index contributed by atoms with van der Waals surface area (Å²) in [5.41, 5.74) is 11.1. The van der Waals surface area contributed by atoms with Crippen LogP contribution in [0.1, 0.15) is 13.3 Å². The second kappa shape index (κ2) is 5.93. The van der Waals surface area contributed by atoms with Crippen molar-refractivity contribution in [1.29, 1.82) is 0 Å². The van der Waals surface area contributed by atoms with Gasteiger partial charge >= 0.3 is 5.97 Å². The number of carboxylic acids is 1. The van der Waals surface area contributed by atoms with Gasteiger partial charge in [0.15, 0.2) is 0 Å². The zero-order valence-corrected chi connectivity index (χ0v) is 7.29. The molecule has 0 saturated carbocycles. The molecular weight excluding hydrogens is 158 g/mol. The van der Waals surface area contributed by atoms with Gasteiger partial charge in [0.05, 0.1) is 6.42 Å². The fourth-order valence-corrected chi connectivity index (χ4v) is 0.815. The summed E-state index contributed by atoms with van der Waals surface area (Å²) in [6.45, 7) is 3.33. The van der Waals surface area contributed by atoms with Crippen molar-refractivity contribution in [2.75, 3.05) is 13.1 Å². The Balaban J connectivity index is 3.60. The Morgan fingerprint density at radius 2 is 2.08 bits per heavy atom. The predicted molar refractivity (Wildman–Crippen MR) is 46.7 cm³/mol. The first-order valence-corrected chi connectivity index (χ1v) is 4.01. The van der Waals surface area contributed by atoms with Crippen molar-refractivity contribution >= 4 is 5.97 Å². The number of rotatable bonds is 6. The van der Waals surface area contributed by atoms with E-state index >= 15 is 0 Å². The van der Waals surface area contributed by atoms with E-state index in [1.165, 1.54) is 0 Å². The lowest BCUT2D eigenvalue weighted by molar-refractivity contribution is -0.137. The summed E-state index contributed by atoms with van der Waals surface area (Å²) in [5, 5.41) is 11.4. The van der Waals surface area contributed by atoms with Crippen LogP contribution >= 0.6 is 0 Å². The molecule has 0 heterocycles. The number of nitrogens with one attached hydrogen (secondary N) is 1. The Hall–Kier alpha value is -0.650. The highest BCUT2D eigenvalue weighted by Crippen LogP contribution is 1.92. The molecular formula is C7H17N3O2. The van der Waals surface area contributed by atoms with Gasteiger partial charge in [-0.3, -0.25) is 4.79 Å². The molecule has 0 unspecified atom stereocenters. The van der Waals surface area contributed by atoms with Crippen molar-refractivity contribution in [3.8, 4) is 0 Å². The number of carbonyl (C=O) groups is 1. The van der Waals surface area contributed by atoms with Crippen LogP contribution in [-0.2, 0) is 4.79 Å². The third-order valence-corrected chi connectivity index (χ3v) is 1.59. The van der Waals surface area contributed by atoms with Crippen LogP contribution in [0, 0.1) is 0 Å². The van der Waals surface area contributed by atoms with Crippen LogP contribution in [0.3, 0.4) is 0 Å². The van der Waals surface area contributed by atoms with Crippen molar-refractivity contribution in [2.24, 2.45) is 11.5 Å². The van der Waals surface area contributed by atoms with E-state index in [2.05, 4.69) is 5.32 Å². The average molecular weight is 175 g/mol. The molecule has 0 amide bonds. The number of hydrogen-bond donors (Lipinski definition) is 4. The normalized spacial score (nSPS) is 15.6. The maximum absolute atomic E-state index is 10.2. The van der Waals surface area contributed by atoms with Gasteiger partial charge in [-0.25, -0.2) is 0 Å². The van der Waals surface area contributed by atoms with Crippen molar-refractivity contribution in [1.82, 2.24) is 5.32 Å². The minimum absolute atomic E-state index is 0.0768. The Kier molecular flexibility index (Phi) is 5.61. The standard InChI is InChI=1S/C7H17N3O2/c1-2-10-4-6(9)5(8)3-7(11)12/h5-6,10H,2-4,8-9H2,1H3,(H,11,12)/t5-,6-/m0/s1. The molecule has 0 saturated heterocycles. The lowest BCUT2D eigenvalue weighted by Gasteiger charge is -2.17. The molecule has 0 aliphatic heterocycles. The number of nitrogens with two attached hydrogens (primary N) is 2. The number of carboxylic acid groups (broad SMARTS) is 1. The molecule has 0 radical (unpaired) electrons. The van der Waals surface area contributed by atoms with Gasteiger partial charge < -0.3 is 21.9 Å². The Labute approximate surface area is 72.1 Å². The van der Waals surface area contributed by atoms with E-state index in [-0.39, 0.29) is 12.5 Å². The van der Waals surface area contributed by atoms with Gasteiger partial charge in [-0.1, -0.05) is 6.92 Å². The van der Waals surface area contributed by atoms with Crippen LogP contribution in [-0.4, -0.2) is 36.2 Å². The topological polar surface area (TPSA) is 101 Å². The minimum Gasteiger partial charge on any atom is -0.481 e. The Morgan fingerprint density at radius 1 is 1.50 bits per heavy atom. The number of likely N-dealkylation sites (N-methyl/N-ethyl adjacent to an activating group) is 1. The summed E-state index contributed by atoms with van der Waals surface area (Å²) in [6, 6.07) is -0.761. The van der Waals surface area contributed by atoms with E-state index in [9.17, 15) is 4.79 Å². The third kappa shape index (κ3) is 5.06. The molecule has 12 heavy (non-hydrogen) atoms. The fraction of sp³-hybridized carbons (Fsp3) is 0.857. The number of aliphatic carboxylic acids is 1. The van der Waals surface area contributed by atoms with E-state index in [1.54, 1.807) is 0 Å². The lowest BCUT2D eigenvalue weighted by atomic mass is 10.1. The molecule has 0 aliphatic carbocycles. The molecule has 72 valence electrons. The molecule has 0 fully saturated rings. The summed E-state index contributed by atoms with van der Waals surface area (Å²) in [6.07, 6.45) is -0.0768. The maximum Gasteiger partial charge on any atom is 0.304 e. The SMILES string of the molecule is CCNC[C@H](N)[C@@H](N)CC(=O)O. The highest BCUT2D eigenvalue weighted by atomic mass is 16.4. The first-order valence-electron chi connectivity index (χ1n) is 4.01. The van der Waals surface area contributed by atoms with Crippen LogP contribution in [0.4, 0.5) is 0 Å². The van der Waals surface area contributed by atoms with Crippen molar-refractivity contribution < 1.29 is 9.90 Å². The molecule has 5 heteroatoms. The van der Waals surface area contributed by atoms with Gasteiger partial charge in [0.25, 0.3) is 0 Å². The van der Waals surface area contributed by atoms with Crippen LogP contribution in [0.15, 0.2) is 0 Å². The highest BCUT2D eigenvalue weighted by Gasteiger charge is 2.15. The minimum atomic E-state index is -0.908. The maximum atomic E-state index is 10.2. The second-order valence-electron chi connectivity index (χ2n) is 2.73. The molecule has 0 aromatic carbocycles. The molecule has 0 spiro atoms. The first kappa shape index (κ1) is 11.4. The van der Waals surface area contributed by atoms with Crippen molar-refractivity contribution in [2.45, 2.75) is 25.4 Å². The summed E-state index contributed by atoms with van der Waals surface area (Å²) >= 11 is 0. The van der Waals surface area contributed by atoms with Crippen LogP contribution < -0.4 is 16.8 Å². The van der Waals surface area contributed by atoms with Gasteiger partial charge in [0.2, 0.25) is 0 Å². The van der Waals surface area contributed by atoms with Crippen LogP contribution in [0.25, 0.3) is 0 Å². The Bertz CT molecular complexity index is 141. The molecule has 0 bridgehead atoms. The second-order valence-corrected chi connectivity index (χ2v) is 2.73. The van der Waals surface area contributed by atoms with Gasteiger partial charge in [0.1, 0.15) is 0 Å². The van der Waals surface area contributed by atoms with Crippen molar-refractivity contribution in [3.05, 3.63) is 0 Å². The first-order chi connectivity index (χ1) is 5.57. The van der Waals surface area contributed by atoms with Crippen LogP contribution in [0.2, 0.25) is 0 Å².